The first-order chi connectivity index (χ1) is 19.4. The van der Waals surface area contributed by atoms with E-state index < -0.39 is 11.9 Å². The number of rotatable bonds is 1. The number of benzene rings is 2. The van der Waals surface area contributed by atoms with Gasteiger partial charge in [0.25, 0.3) is 0 Å². The minimum absolute atomic E-state index is 0. The van der Waals surface area contributed by atoms with Crippen LogP contribution in [-0.2, 0) is 36.7 Å². The molecule has 3 aliphatic rings. The quantitative estimate of drug-likeness (QED) is 0.102. The Labute approximate surface area is 276 Å². The minimum Gasteiger partial charge on any atom is -0.458 e. The van der Waals surface area contributed by atoms with Crippen LogP contribution in [0, 0.1) is 0 Å². The van der Waals surface area contributed by atoms with Crippen LogP contribution in [-0.4, -0.2) is 31.6 Å². The number of aryl methyl sites for hydroxylation is 2. The Morgan fingerprint density at radius 2 is 1.20 bits per heavy atom. The summed E-state index contributed by atoms with van der Waals surface area (Å²) in [6, 6.07) is 18.7. The first kappa shape index (κ1) is 59.9. The lowest BCUT2D eigenvalue weighted by Gasteiger charge is -2.16. The van der Waals surface area contributed by atoms with Crippen molar-refractivity contribution >= 4 is 24.0 Å². The summed E-state index contributed by atoms with van der Waals surface area (Å²) in [5.74, 6) is -1.32. The van der Waals surface area contributed by atoms with Crippen molar-refractivity contribution in [1.29, 1.82) is 0 Å². The van der Waals surface area contributed by atoms with Gasteiger partial charge in [0, 0.05) is 29.7 Å². The third-order valence-electron chi connectivity index (χ3n) is 4.33. The molecule has 258 valence electrons. The van der Waals surface area contributed by atoms with Crippen LogP contribution in [0.1, 0.15) is 102 Å². The van der Waals surface area contributed by atoms with E-state index in [0.717, 1.165) is 0 Å². The molecule has 8 nitrogen and oxygen atoms in total. The van der Waals surface area contributed by atoms with E-state index in [4.69, 9.17) is 5.53 Å². The summed E-state index contributed by atoms with van der Waals surface area (Å²) >= 11 is 0. The molecule has 0 unspecified atom stereocenters. The van der Waals surface area contributed by atoms with Gasteiger partial charge < -0.3 is 9.47 Å². The Morgan fingerprint density at radius 3 is 1.36 bits per heavy atom. The van der Waals surface area contributed by atoms with Gasteiger partial charge in [-0.25, -0.2) is 14.4 Å². The summed E-state index contributed by atoms with van der Waals surface area (Å²) in [7, 11) is 1.39. The van der Waals surface area contributed by atoms with Crippen molar-refractivity contribution in [3.8, 4) is 0 Å². The van der Waals surface area contributed by atoms with E-state index in [2.05, 4.69) is 50.3 Å². The van der Waals surface area contributed by atoms with Crippen molar-refractivity contribution in [3.63, 3.8) is 0 Å². The number of carbonyl (C=O) groups is 3. The fourth-order valence-corrected chi connectivity index (χ4v) is 2.49. The van der Waals surface area contributed by atoms with Gasteiger partial charge in [-0.1, -0.05) is 151 Å². The zero-order valence-corrected chi connectivity index (χ0v) is 25.2. The normalized spacial score (nSPS) is 10.6. The van der Waals surface area contributed by atoms with Crippen LogP contribution >= 0.6 is 0 Å². The predicted octanol–water partition coefficient (Wildman–Crippen LogP) is 11.4. The average Bonchev–Trinajstić information content (AvgIpc) is 3.60. The number of ether oxygens (including phenoxy) is 2. The fraction of sp³-hybridized carbons (Fsp3) is 0.432. The van der Waals surface area contributed by atoms with Crippen molar-refractivity contribution in [1.82, 2.24) is 0 Å². The van der Waals surface area contributed by atoms with Gasteiger partial charge >= 0.3 is 17.9 Å². The summed E-state index contributed by atoms with van der Waals surface area (Å²) in [5.41, 5.74) is 12.0. The monoisotopic (exact) mass is 631 g/mol. The van der Waals surface area contributed by atoms with Crippen molar-refractivity contribution in [2.24, 2.45) is 5.11 Å². The van der Waals surface area contributed by atoms with Crippen molar-refractivity contribution in [2.45, 2.75) is 98.4 Å². The van der Waals surface area contributed by atoms with E-state index in [-0.39, 0.29) is 43.1 Å². The van der Waals surface area contributed by atoms with Crippen molar-refractivity contribution in [2.75, 3.05) is 13.7 Å². The number of carbonyl (C=O) groups excluding carboxylic acids is 3. The molecule has 0 amide bonds. The summed E-state index contributed by atoms with van der Waals surface area (Å²) in [6.45, 7) is 17.6. The topological polar surface area (TPSA) is 118 Å². The molecule has 0 saturated heterocycles. The highest BCUT2D eigenvalue weighted by molar-refractivity contribution is 6.08. The maximum atomic E-state index is 10.3. The molecule has 2 aliphatic heterocycles. The number of esters is 3. The number of hydrogen-bond donors (Lipinski definition) is 0. The highest BCUT2D eigenvalue weighted by atomic mass is 16.6. The highest BCUT2D eigenvalue weighted by Crippen LogP contribution is 2.20. The largest absolute Gasteiger partial charge is 0.458 e. The van der Waals surface area contributed by atoms with Crippen molar-refractivity contribution < 1.29 is 23.9 Å². The second kappa shape index (κ2) is 44.0. The number of fused-ring (bicyclic) bond motifs is 1. The van der Waals surface area contributed by atoms with E-state index >= 15 is 0 Å². The lowest BCUT2D eigenvalue weighted by atomic mass is 9.89. The Balaban J connectivity index is -0.0000000600. The Morgan fingerprint density at radius 1 is 0.778 bits per heavy atom. The first-order valence-corrected chi connectivity index (χ1v) is 13.4. The molecular weight excluding hydrogens is 566 g/mol. The van der Waals surface area contributed by atoms with Crippen LogP contribution in [0.2, 0.25) is 0 Å². The van der Waals surface area contributed by atoms with Gasteiger partial charge in [-0.3, -0.25) is 0 Å². The van der Waals surface area contributed by atoms with Gasteiger partial charge in [0.2, 0.25) is 0 Å². The minimum atomic E-state index is -0.562. The molecule has 0 spiro atoms. The smallest absolute Gasteiger partial charge is 0.341 e. The zero-order valence-electron chi connectivity index (χ0n) is 25.2. The second-order valence-electron chi connectivity index (χ2n) is 6.74. The SMILES string of the molecule is C.C.C.C.C.C=Cc1ccccc1.CC.CC.CC.CC1=CC(=O)OC1=O.CN=[N+]=[N-].O=C1C=CCO1.c1ccc2c(c1)CC2. The van der Waals surface area contributed by atoms with Gasteiger partial charge in [0.05, 0.1) is 0 Å². The average molecular weight is 632 g/mol. The summed E-state index contributed by atoms with van der Waals surface area (Å²) in [6.07, 6.45) is 8.71. The third-order valence-corrected chi connectivity index (χ3v) is 4.33. The molecule has 0 radical (unpaired) electrons. The zero-order chi connectivity index (χ0) is 31.2. The van der Waals surface area contributed by atoms with E-state index in [1.165, 1.54) is 44.5 Å². The van der Waals surface area contributed by atoms with E-state index in [9.17, 15) is 14.4 Å². The molecule has 2 aromatic rings. The lowest BCUT2D eigenvalue weighted by molar-refractivity contribution is -0.150. The van der Waals surface area contributed by atoms with Crippen LogP contribution in [0.3, 0.4) is 0 Å². The Bertz CT molecular complexity index is 1070. The Kier molecular flexibility index (Phi) is 58.6. The number of azide groups is 1. The molecule has 0 atom stereocenters. The number of nitrogens with zero attached hydrogens (tertiary/aromatic N) is 3. The molecule has 45 heavy (non-hydrogen) atoms. The molecule has 0 fully saturated rings. The summed E-state index contributed by atoms with van der Waals surface area (Å²) < 4.78 is 8.51. The maximum absolute atomic E-state index is 10.3. The molecule has 8 heteroatoms. The molecule has 2 heterocycles. The maximum Gasteiger partial charge on any atom is 0.341 e. The Hall–Kier alpha value is -4.42. The molecule has 0 saturated carbocycles. The third kappa shape index (κ3) is 32.3. The van der Waals surface area contributed by atoms with Crippen LogP contribution in [0.4, 0.5) is 0 Å². The highest BCUT2D eigenvalue weighted by Gasteiger charge is 2.18. The molecule has 1 aliphatic carbocycles. The van der Waals surface area contributed by atoms with Gasteiger partial charge in [-0.2, -0.15) is 0 Å². The van der Waals surface area contributed by atoms with E-state index in [0.29, 0.717) is 12.2 Å². The molecule has 2 aromatic carbocycles. The predicted molar refractivity (Wildman–Crippen MR) is 198 cm³/mol. The first-order valence-electron chi connectivity index (χ1n) is 13.4. The van der Waals surface area contributed by atoms with Crippen LogP contribution < -0.4 is 0 Å². The van der Waals surface area contributed by atoms with Crippen molar-refractivity contribution in [3.05, 3.63) is 112 Å². The molecule has 5 rings (SSSR count). The van der Waals surface area contributed by atoms with Gasteiger partial charge in [0.15, 0.2) is 0 Å². The molecular formula is C37H65N3O5. The number of cyclic esters (lactones) is 3. The molecule has 0 bridgehead atoms. The molecule has 0 aromatic heterocycles. The standard InChI is InChI=1S/2C8H8.C5H4O3.C4H4O2.3C2H6.CH3N3.5CH4/c1-2-4-8-6-5-7(8)3-1;1-2-8-6-4-3-5-7-8;1-3-2-4(6)8-5(3)7;5-4-2-1-3-6-4;3*1-2;1-3-4-2;;;;;/h1-4H,5-6H2;2-7H,1H2;2H,1H3;1-2H,3H2;3*1-2H3;1H3;5*1H4. The summed E-state index contributed by atoms with van der Waals surface area (Å²) in [4.78, 5) is 32.7. The second-order valence-corrected chi connectivity index (χ2v) is 6.74. The van der Waals surface area contributed by atoms with Gasteiger partial charge in [0.1, 0.15) is 6.61 Å². The fourth-order valence-electron chi connectivity index (χ4n) is 2.49. The van der Waals surface area contributed by atoms with Gasteiger partial charge in [-0.05, 0) is 48.1 Å². The lowest BCUT2D eigenvalue weighted by Crippen LogP contribution is -2.06. The summed E-state index contributed by atoms with van der Waals surface area (Å²) in [5, 5.41) is 2.92. The van der Waals surface area contributed by atoms with Crippen LogP contribution in [0.15, 0.2) is 90.1 Å². The van der Waals surface area contributed by atoms with E-state index in [1.807, 2.05) is 78.0 Å². The number of hydrogen-bond acceptors (Lipinski definition) is 6. The van der Waals surface area contributed by atoms with Gasteiger partial charge in [-0.15, -0.1) is 0 Å². The van der Waals surface area contributed by atoms with Crippen LogP contribution in [0.5, 0.6) is 0 Å². The van der Waals surface area contributed by atoms with E-state index in [1.54, 1.807) is 17.2 Å². The van der Waals surface area contributed by atoms with Crippen LogP contribution in [0.25, 0.3) is 16.5 Å². The molecule has 0 N–H and O–H groups in total.